The first-order chi connectivity index (χ1) is 17.9. The third kappa shape index (κ3) is 4.53. The summed E-state index contributed by atoms with van der Waals surface area (Å²) in [7, 11) is 1.91. The lowest BCUT2D eigenvalue weighted by Gasteiger charge is -2.29. The van der Waals surface area contributed by atoms with Crippen LogP contribution < -0.4 is 21.3 Å². The molecule has 0 atom stereocenters. The van der Waals surface area contributed by atoms with E-state index in [-0.39, 0.29) is 11.2 Å². The number of fused-ring (bicyclic) bond motifs is 1. The van der Waals surface area contributed by atoms with E-state index >= 15 is 0 Å². The Morgan fingerprint density at radius 1 is 1.08 bits per heavy atom. The lowest BCUT2D eigenvalue weighted by atomic mass is 10.1. The molecule has 2 aliphatic rings. The second-order valence-corrected chi connectivity index (χ2v) is 9.85. The van der Waals surface area contributed by atoms with Crippen LogP contribution >= 0.6 is 0 Å². The highest BCUT2D eigenvalue weighted by molar-refractivity contribution is 5.99. The molecule has 11 nitrogen and oxygen atoms in total. The molecule has 0 unspecified atom stereocenters. The molecule has 2 fully saturated rings. The molecule has 1 saturated carbocycles. The van der Waals surface area contributed by atoms with E-state index in [0.717, 1.165) is 61.6 Å². The Kier molecular flexibility index (Phi) is 5.64. The maximum atomic E-state index is 12.5. The van der Waals surface area contributed by atoms with Crippen LogP contribution in [0.1, 0.15) is 30.3 Å². The minimum absolute atomic E-state index is 0.0479. The number of rotatable bonds is 7. The predicted molar refractivity (Wildman–Crippen MR) is 142 cm³/mol. The number of nitrogens with zero attached hydrogens (tertiary/aromatic N) is 6. The molecule has 1 aliphatic heterocycles. The average molecular weight is 500 g/mol. The SMILES string of the molecule is Cn1cnc2c(-c3nc(C(N)=O)c(Nc4ccc(N5CCOCC5)cc4)nc3NC3(C)CC3)cncc21. The number of aromatic nitrogens is 5. The third-order valence-corrected chi connectivity index (χ3v) is 6.95. The first kappa shape index (κ1) is 23.2. The van der Waals surface area contributed by atoms with E-state index in [1.54, 1.807) is 18.7 Å². The van der Waals surface area contributed by atoms with Crippen LogP contribution in [0.5, 0.6) is 0 Å². The van der Waals surface area contributed by atoms with E-state index in [1.807, 2.05) is 35.9 Å². The number of benzene rings is 1. The van der Waals surface area contributed by atoms with E-state index in [2.05, 4.69) is 32.4 Å². The molecule has 11 heteroatoms. The molecule has 1 amide bonds. The van der Waals surface area contributed by atoms with Crippen LogP contribution in [0.25, 0.3) is 22.3 Å². The second-order valence-electron chi connectivity index (χ2n) is 9.85. The molecule has 1 aliphatic carbocycles. The molecule has 190 valence electrons. The number of carbonyl (C=O) groups is 1. The van der Waals surface area contributed by atoms with E-state index in [1.165, 1.54) is 0 Å². The summed E-state index contributed by atoms with van der Waals surface area (Å²) in [5, 5.41) is 6.79. The molecule has 4 heterocycles. The van der Waals surface area contributed by atoms with E-state index in [4.69, 9.17) is 20.4 Å². The van der Waals surface area contributed by atoms with Crippen molar-refractivity contribution in [3.63, 3.8) is 0 Å². The van der Waals surface area contributed by atoms with Gasteiger partial charge in [0, 0.05) is 43.2 Å². The van der Waals surface area contributed by atoms with Gasteiger partial charge in [0.1, 0.15) is 11.2 Å². The monoisotopic (exact) mass is 499 g/mol. The number of aryl methyl sites for hydroxylation is 1. The number of carbonyl (C=O) groups excluding carboxylic acids is 1. The minimum Gasteiger partial charge on any atom is -0.378 e. The third-order valence-electron chi connectivity index (χ3n) is 6.95. The van der Waals surface area contributed by atoms with Gasteiger partial charge in [-0.25, -0.2) is 15.0 Å². The number of anilines is 4. The first-order valence-electron chi connectivity index (χ1n) is 12.4. The number of nitrogens with one attached hydrogen (secondary N) is 2. The average Bonchev–Trinajstić information content (AvgIpc) is 3.51. The lowest BCUT2D eigenvalue weighted by Crippen LogP contribution is -2.36. The summed E-state index contributed by atoms with van der Waals surface area (Å²) in [6, 6.07) is 7.99. The molecule has 6 rings (SSSR count). The van der Waals surface area contributed by atoms with Gasteiger partial charge in [0.05, 0.1) is 36.8 Å². The fourth-order valence-corrected chi connectivity index (χ4v) is 4.50. The van der Waals surface area contributed by atoms with Crippen LogP contribution in [-0.2, 0) is 11.8 Å². The molecule has 4 aromatic rings. The fraction of sp³-hybridized carbons (Fsp3) is 0.346. The minimum atomic E-state index is -0.675. The van der Waals surface area contributed by atoms with Gasteiger partial charge in [-0.15, -0.1) is 0 Å². The molecule has 0 bridgehead atoms. The van der Waals surface area contributed by atoms with Crippen LogP contribution in [0.2, 0.25) is 0 Å². The number of pyridine rings is 1. The van der Waals surface area contributed by atoms with Gasteiger partial charge in [-0.1, -0.05) is 0 Å². The highest BCUT2D eigenvalue weighted by atomic mass is 16.5. The van der Waals surface area contributed by atoms with Crippen molar-refractivity contribution in [3.05, 3.63) is 48.7 Å². The molecule has 0 spiro atoms. The quantitative estimate of drug-likeness (QED) is 0.350. The maximum Gasteiger partial charge on any atom is 0.271 e. The van der Waals surface area contributed by atoms with Gasteiger partial charge < -0.3 is 30.6 Å². The summed E-state index contributed by atoms with van der Waals surface area (Å²) < 4.78 is 7.34. The molecule has 1 saturated heterocycles. The molecular formula is C26H29N9O2. The van der Waals surface area contributed by atoms with Crippen LogP contribution in [0.4, 0.5) is 23.0 Å². The maximum absolute atomic E-state index is 12.5. The number of imidazole rings is 1. The van der Waals surface area contributed by atoms with Gasteiger partial charge >= 0.3 is 0 Å². The van der Waals surface area contributed by atoms with Crippen molar-refractivity contribution in [3.8, 4) is 11.3 Å². The highest BCUT2D eigenvalue weighted by Gasteiger charge is 2.39. The fourth-order valence-electron chi connectivity index (χ4n) is 4.50. The standard InChI is InChI=1S/C26H29N9O2/c1-26(7-8-26)33-25-21(18-13-28-14-19-20(18)29-15-34(19)2)31-22(23(27)36)24(32-25)30-16-3-5-17(6-4-16)35-9-11-37-12-10-35/h3-6,13-15H,7-12H2,1-2H3,(H2,27,36)(H2,30,32,33). The zero-order chi connectivity index (χ0) is 25.6. The largest absolute Gasteiger partial charge is 0.378 e. The Morgan fingerprint density at radius 2 is 1.84 bits per heavy atom. The summed E-state index contributed by atoms with van der Waals surface area (Å²) in [5.41, 5.74) is 10.4. The van der Waals surface area contributed by atoms with Gasteiger partial charge in [-0.2, -0.15) is 0 Å². The Hall–Kier alpha value is -4.25. The van der Waals surface area contributed by atoms with Gasteiger partial charge in [0.2, 0.25) is 0 Å². The number of primary amides is 1. The molecule has 37 heavy (non-hydrogen) atoms. The number of ether oxygens (including phenoxy) is 1. The van der Waals surface area contributed by atoms with Gasteiger partial charge in [-0.05, 0) is 44.0 Å². The Labute approximate surface area is 214 Å². The zero-order valence-corrected chi connectivity index (χ0v) is 20.9. The first-order valence-corrected chi connectivity index (χ1v) is 12.4. The predicted octanol–water partition coefficient (Wildman–Crippen LogP) is 3.07. The van der Waals surface area contributed by atoms with Crippen LogP contribution in [0.15, 0.2) is 43.0 Å². The van der Waals surface area contributed by atoms with E-state index < -0.39 is 5.91 Å². The van der Waals surface area contributed by atoms with Crippen molar-refractivity contribution in [1.29, 1.82) is 0 Å². The Bertz CT molecular complexity index is 1470. The summed E-state index contributed by atoms with van der Waals surface area (Å²) >= 11 is 0. The summed E-state index contributed by atoms with van der Waals surface area (Å²) in [6.07, 6.45) is 7.21. The van der Waals surface area contributed by atoms with Crippen molar-refractivity contribution >= 4 is 40.0 Å². The Morgan fingerprint density at radius 3 is 2.54 bits per heavy atom. The summed E-state index contributed by atoms with van der Waals surface area (Å²) in [4.78, 5) is 33.3. The van der Waals surface area contributed by atoms with E-state index in [0.29, 0.717) is 22.9 Å². The van der Waals surface area contributed by atoms with E-state index in [9.17, 15) is 4.79 Å². The number of amides is 1. The van der Waals surface area contributed by atoms with Crippen LogP contribution in [0.3, 0.4) is 0 Å². The summed E-state index contributed by atoms with van der Waals surface area (Å²) in [6.45, 7) is 5.30. The normalized spacial score (nSPS) is 16.5. The van der Waals surface area contributed by atoms with Crippen LogP contribution in [-0.4, -0.2) is 62.3 Å². The second kappa shape index (κ2) is 9.00. The number of hydrogen-bond donors (Lipinski definition) is 3. The zero-order valence-electron chi connectivity index (χ0n) is 20.9. The van der Waals surface area contributed by atoms with Crippen molar-refractivity contribution in [2.45, 2.75) is 25.3 Å². The lowest BCUT2D eigenvalue weighted by molar-refractivity contribution is 0.0996. The van der Waals surface area contributed by atoms with Crippen molar-refractivity contribution in [1.82, 2.24) is 24.5 Å². The summed E-state index contributed by atoms with van der Waals surface area (Å²) in [5.74, 6) is 0.173. The van der Waals surface area contributed by atoms with Crippen LogP contribution in [0, 0.1) is 0 Å². The van der Waals surface area contributed by atoms with Crippen molar-refractivity contribution in [2.75, 3.05) is 41.8 Å². The molecule has 1 aromatic carbocycles. The molecular weight excluding hydrogens is 470 g/mol. The van der Waals surface area contributed by atoms with Gasteiger partial charge in [-0.3, -0.25) is 9.78 Å². The van der Waals surface area contributed by atoms with Gasteiger partial charge in [0.15, 0.2) is 17.3 Å². The Balaban J connectivity index is 1.40. The number of morpholine rings is 1. The molecule has 0 radical (unpaired) electrons. The topological polar surface area (TPSA) is 136 Å². The smallest absolute Gasteiger partial charge is 0.271 e. The van der Waals surface area contributed by atoms with Crippen molar-refractivity contribution in [2.24, 2.45) is 12.8 Å². The number of nitrogens with two attached hydrogens (primary N) is 1. The van der Waals surface area contributed by atoms with Gasteiger partial charge in [0.25, 0.3) is 5.91 Å². The van der Waals surface area contributed by atoms with Crippen molar-refractivity contribution < 1.29 is 9.53 Å². The number of hydrogen-bond acceptors (Lipinski definition) is 9. The highest BCUT2D eigenvalue weighted by Crippen LogP contribution is 2.41. The molecule has 3 aromatic heterocycles. The molecule has 4 N–H and O–H groups in total.